The molecule has 0 radical (unpaired) electrons. The smallest absolute Gasteiger partial charge is 0.304 e. The van der Waals surface area contributed by atoms with E-state index in [2.05, 4.69) is 11.8 Å². The van der Waals surface area contributed by atoms with Crippen LogP contribution >= 0.6 is 11.8 Å². The van der Waals surface area contributed by atoms with E-state index in [9.17, 15) is 4.79 Å². The Morgan fingerprint density at radius 3 is 2.82 bits per heavy atom. The number of hydrogen-bond acceptors (Lipinski definition) is 3. The summed E-state index contributed by atoms with van der Waals surface area (Å²) < 4.78 is 0. The van der Waals surface area contributed by atoms with Gasteiger partial charge < -0.3 is 5.11 Å². The highest BCUT2D eigenvalue weighted by Crippen LogP contribution is 2.33. The van der Waals surface area contributed by atoms with E-state index >= 15 is 0 Å². The van der Waals surface area contributed by atoms with E-state index in [-0.39, 0.29) is 6.04 Å². The second-order valence-electron chi connectivity index (χ2n) is 5.35. The summed E-state index contributed by atoms with van der Waals surface area (Å²) in [6.07, 6.45) is 5.71. The Hall–Kier alpha value is -0.220. The molecule has 1 aliphatic heterocycles. The maximum atomic E-state index is 10.9. The van der Waals surface area contributed by atoms with Gasteiger partial charge in [-0.1, -0.05) is 12.8 Å². The van der Waals surface area contributed by atoms with Crippen LogP contribution in [0.25, 0.3) is 0 Å². The summed E-state index contributed by atoms with van der Waals surface area (Å²) in [5, 5.41) is 8.99. The van der Waals surface area contributed by atoms with Crippen LogP contribution in [0.3, 0.4) is 0 Å². The molecule has 0 aromatic carbocycles. The van der Waals surface area contributed by atoms with Crippen molar-refractivity contribution in [3.8, 4) is 0 Å². The second kappa shape index (κ2) is 6.10. The van der Waals surface area contributed by atoms with E-state index < -0.39 is 5.97 Å². The molecule has 98 valence electrons. The summed E-state index contributed by atoms with van der Waals surface area (Å²) in [7, 11) is 0. The minimum absolute atomic E-state index is 0.252. The first-order chi connectivity index (χ1) is 8.18. The molecule has 17 heavy (non-hydrogen) atoms. The van der Waals surface area contributed by atoms with Crippen molar-refractivity contribution in [1.82, 2.24) is 4.90 Å². The third-order valence-electron chi connectivity index (χ3n) is 4.29. The monoisotopic (exact) mass is 257 g/mol. The van der Waals surface area contributed by atoms with Gasteiger partial charge in [-0.3, -0.25) is 9.69 Å². The van der Waals surface area contributed by atoms with Crippen LogP contribution in [0.4, 0.5) is 0 Å². The lowest BCUT2D eigenvalue weighted by Crippen LogP contribution is -2.50. The summed E-state index contributed by atoms with van der Waals surface area (Å²) in [6.45, 7) is 3.38. The minimum atomic E-state index is -0.652. The molecule has 1 N–H and O–H groups in total. The number of aliphatic carboxylic acids is 1. The van der Waals surface area contributed by atoms with Gasteiger partial charge in [0.1, 0.15) is 0 Å². The van der Waals surface area contributed by atoms with Crippen LogP contribution in [0.1, 0.15) is 39.0 Å². The van der Waals surface area contributed by atoms with Gasteiger partial charge >= 0.3 is 5.97 Å². The van der Waals surface area contributed by atoms with Crippen LogP contribution in [0.15, 0.2) is 0 Å². The lowest BCUT2D eigenvalue weighted by atomic mass is 9.96. The second-order valence-corrected chi connectivity index (χ2v) is 6.50. The predicted molar refractivity (Wildman–Crippen MR) is 71.5 cm³/mol. The molecule has 1 heterocycles. The first-order valence-electron chi connectivity index (χ1n) is 6.73. The SMILES string of the molecule is CC(C1CCCC1)N1CCSCC1CC(=O)O. The zero-order valence-electron chi connectivity index (χ0n) is 10.6. The van der Waals surface area contributed by atoms with E-state index in [4.69, 9.17) is 5.11 Å². The maximum absolute atomic E-state index is 10.9. The Labute approximate surface area is 108 Å². The highest BCUT2D eigenvalue weighted by Gasteiger charge is 2.33. The normalized spacial score (nSPS) is 29.4. The summed E-state index contributed by atoms with van der Waals surface area (Å²) in [5.74, 6) is 2.30. The zero-order chi connectivity index (χ0) is 12.3. The summed E-state index contributed by atoms with van der Waals surface area (Å²) in [6, 6.07) is 0.824. The van der Waals surface area contributed by atoms with Crippen LogP contribution in [0.2, 0.25) is 0 Å². The number of thioether (sulfide) groups is 1. The largest absolute Gasteiger partial charge is 0.481 e. The van der Waals surface area contributed by atoms with Crippen molar-refractivity contribution in [3.63, 3.8) is 0 Å². The quantitative estimate of drug-likeness (QED) is 0.840. The molecule has 2 fully saturated rings. The fourth-order valence-electron chi connectivity index (χ4n) is 3.29. The average molecular weight is 257 g/mol. The van der Waals surface area contributed by atoms with E-state index in [1.807, 2.05) is 11.8 Å². The first-order valence-corrected chi connectivity index (χ1v) is 7.89. The zero-order valence-corrected chi connectivity index (χ0v) is 11.4. The van der Waals surface area contributed by atoms with Gasteiger partial charge in [0.05, 0.1) is 6.42 Å². The van der Waals surface area contributed by atoms with Crippen LogP contribution in [0.5, 0.6) is 0 Å². The molecular formula is C13H23NO2S. The third kappa shape index (κ3) is 3.38. The summed E-state index contributed by atoms with van der Waals surface area (Å²) in [4.78, 5) is 13.4. The fraction of sp³-hybridized carbons (Fsp3) is 0.923. The van der Waals surface area contributed by atoms with E-state index in [1.165, 1.54) is 25.7 Å². The highest BCUT2D eigenvalue weighted by atomic mass is 32.2. The molecule has 0 aromatic rings. The van der Waals surface area contributed by atoms with Gasteiger partial charge in [-0.15, -0.1) is 0 Å². The van der Waals surface area contributed by atoms with Gasteiger partial charge in [0.15, 0.2) is 0 Å². The minimum Gasteiger partial charge on any atom is -0.481 e. The van der Waals surface area contributed by atoms with Crippen LogP contribution in [0, 0.1) is 5.92 Å². The Morgan fingerprint density at radius 2 is 2.18 bits per heavy atom. The van der Waals surface area contributed by atoms with Crippen molar-refractivity contribution in [2.24, 2.45) is 5.92 Å². The average Bonchev–Trinajstić information content (AvgIpc) is 2.81. The van der Waals surface area contributed by atoms with E-state index in [0.717, 1.165) is 24.0 Å². The Kier molecular flexibility index (Phi) is 4.74. The van der Waals surface area contributed by atoms with Crippen molar-refractivity contribution < 1.29 is 9.90 Å². The molecule has 1 aliphatic carbocycles. The molecule has 0 amide bonds. The van der Waals surface area contributed by atoms with Gasteiger partial charge in [-0.2, -0.15) is 11.8 Å². The van der Waals surface area contributed by atoms with Gasteiger partial charge in [0.2, 0.25) is 0 Å². The number of carboxylic acids is 1. The molecule has 2 rings (SSSR count). The van der Waals surface area contributed by atoms with Crippen LogP contribution in [-0.2, 0) is 4.79 Å². The van der Waals surface area contributed by atoms with Crippen molar-refractivity contribution in [3.05, 3.63) is 0 Å². The fourth-order valence-corrected chi connectivity index (χ4v) is 4.38. The molecule has 0 aromatic heterocycles. The summed E-state index contributed by atoms with van der Waals surface area (Å²) in [5.41, 5.74) is 0. The molecule has 2 unspecified atom stereocenters. The van der Waals surface area contributed by atoms with Crippen LogP contribution < -0.4 is 0 Å². The molecule has 0 spiro atoms. The number of rotatable bonds is 4. The molecule has 2 atom stereocenters. The van der Waals surface area contributed by atoms with E-state index in [1.54, 1.807) is 0 Å². The molecule has 3 nitrogen and oxygen atoms in total. The first kappa shape index (κ1) is 13.2. The molecule has 1 saturated carbocycles. The van der Waals surface area contributed by atoms with Crippen LogP contribution in [-0.4, -0.2) is 46.1 Å². The molecule has 2 aliphatic rings. The number of hydrogen-bond donors (Lipinski definition) is 1. The van der Waals surface area contributed by atoms with Gasteiger partial charge in [-0.05, 0) is 25.7 Å². The van der Waals surface area contributed by atoms with E-state index in [0.29, 0.717) is 12.5 Å². The van der Waals surface area contributed by atoms with Crippen molar-refractivity contribution in [2.45, 2.75) is 51.1 Å². The molecule has 1 saturated heterocycles. The topological polar surface area (TPSA) is 40.5 Å². The van der Waals surface area contributed by atoms with Crippen molar-refractivity contribution in [1.29, 1.82) is 0 Å². The molecule has 0 bridgehead atoms. The number of carboxylic acid groups (broad SMARTS) is 1. The van der Waals surface area contributed by atoms with Gasteiger partial charge in [0, 0.05) is 30.1 Å². The third-order valence-corrected chi connectivity index (χ3v) is 5.38. The van der Waals surface area contributed by atoms with Crippen molar-refractivity contribution >= 4 is 17.7 Å². The van der Waals surface area contributed by atoms with Crippen molar-refractivity contribution in [2.75, 3.05) is 18.1 Å². The molecule has 4 heteroatoms. The standard InChI is InChI=1S/C13H23NO2S/c1-10(11-4-2-3-5-11)14-6-7-17-9-12(14)8-13(15)16/h10-12H,2-9H2,1H3,(H,15,16). The Bertz CT molecular complexity index is 266. The number of nitrogens with zero attached hydrogens (tertiary/aromatic N) is 1. The predicted octanol–water partition coefficient (Wildman–Crippen LogP) is 2.46. The summed E-state index contributed by atoms with van der Waals surface area (Å²) >= 11 is 1.90. The van der Waals surface area contributed by atoms with Gasteiger partial charge in [0.25, 0.3) is 0 Å². The Morgan fingerprint density at radius 1 is 1.47 bits per heavy atom. The Balaban J connectivity index is 1.96. The maximum Gasteiger partial charge on any atom is 0.304 e. The number of carbonyl (C=O) groups is 1. The highest BCUT2D eigenvalue weighted by molar-refractivity contribution is 7.99. The molecular weight excluding hydrogens is 234 g/mol. The van der Waals surface area contributed by atoms with Gasteiger partial charge in [-0.25, -0.2) is 0 Å². The lowest BCUT2D eigenvalue weighted by Gasteiger charge is -2.41. The lowest BCUT2D eigenvalue weighted by molar-refractivity contribution is -0.138.